The Balaban J connectivity index is 1.70. The molecule has 1 N–H and O–H groups in total. The number of nitrogens with one attached hydrogen (secondary N) is 1. The first-order valence-electron chi connectivity index (χ1n) is 5.99. The lowest BCUT2D eigenvalue weighted by molar-refractivity contribution is 0.0609. The van der Waals surface area contributed by atoms with Gasteiger partial charge in [-0.25, -0.2) is 0 Å². The van der Waals surface area contributed by atoms with E-state index in [1.165, 1.54) is 0 Å². The van der Waals surface area contributed by atoms with Gasteiger partial charge in [-0.1, -0.05) is 0 Å². The Morgan fingerprint density at radius 1 is 1.41 bits per heavy atom. The summed E-state index contributed by atoms with van der Waals surface area (Å²) >= 11 is 3.22. The van der Waals surface area contributed by atoms with Crippen molar-refractivity contribution in [2.24, 2.45) is 11.8 Å². The van der Waals surface area contributed by atoms with E-state index in [9.17, 15) is 4.79 Å². The summed E-state index contributed by atoms with van der Waals surface area (Å²) in [5.41, 5.74) is 0. The van der Waals surface area contributed by atoms with Crippen molar-refractivity contribution < 1.29 is 9.21 Å². The molecule has 2 saturated heterocycles. The van der Waals surface area contributed by atoms with Crippen LogP contribution in [0.1, 0.15) is 17.0 Å². The molecule has 1 amide bonds. The van der Waals surface area contributed by atoms with Gasteiger partial charge in [0.05, 0.1) is 0 Å². The Kier molecular flexibility index (Phi) is 2.96. The van der Waals surface area contributed by atoms with Gasteiger partial charge in [0.15, 0.2) is 10.4 Å². The summed E-state index contributed by atoms with van der Waals surface area (Å²) in [7, 11) is 0. The van der Waals surface area contributed by atoms with E-state index in [2.05, 4.69) is 21.2 Å². The molecule has 0 spiro atoms. The minimum absolute atomic E-state index is 0.0149. The van der Waals surface area contributed by atoms with Crippen molar-refractivity contribution in [2.75, 3.05) is 26.2 Å². The zero-order valence-electron chi connectivity index (χ0n) is 9.49. The van der Waals surface area contributed by atoms with Gasteiger partial charge in [-0.05, 0) is 59.4 Å². The molecule has 0 aromatic carbocycles. The third-order valence-corrected chi connectivity index (χ3v) is 4.20. The standard InChI is InChI=1S/C12H15BrN2O2/c13-11-2-1-10(17-11)12(16)15-4-3-8-5-14-6-9(8)7-15/h1-2,8-9,14H,3-7H2. The van der Waals surface area contributed by atoms with Crippen LogP contribution < -0.4 is 5.32 Å². The Bertz CT molecular complexity index is 432. The summed E-state index contributed by atoms with van der Waals surface area (Å²) in [6.07, 6.45) is 1.10. The molecule has 1 aromatic heterocycles. The zero-order chi connectivity index (χ0) is 11.8. The summed E-state index contributed by atoms with van der Waals surface area (Å²) in [6.45, 7) is 3.85. The van der Waals surface area contributed by atoms with Gasteiger partial charge in [0.25, 0.3) is 5.91 Å². The van der Waals surface area contributed by atoms with Gasteiger partial charge in [-0.2, -0.15) is 0 Å². The van der Waals surface area contributed by atoms with Crippen LogP contribution in [0.3, 0.4) is 0 Å². The molecule has 2 atom stereocenters. The number of furan rings is 1. The molecule has 2 aliphatic rings. The first-order chi connectivity index (χ1) is 8.24. The predicted octanol–water partition coefficient (Wildman–Crippen LogP) is 1.72. The maximum Gasteiger partial charge on any atom is 0.289 e. The first kappa shape index (κ1) is 11.3. The van der Waals surface area contributed by atoms with Gasteiger partial charge < -0.3 is 14.6 Å². The van der Waals surface area contributed by atoms with Crippen molar-refractivity contribution >= 4 is 21.8 Å². The molecular weight excluding hydrogens is 284 g/mol. The van der Waals surface area contributed by atoms with Gasteiger partial charge in [0.1, 0.15) is 0 Å². The predicted molar refractivity (Wildman–Crippen MR) is 66.8 cm³/mol. The Morgan fingerprint density at radius 3 is 3.00 bits per heavy atom. The van der Waals surface area contributed by atoms with Crippen molar-refractivity contribution in [3.63, 3.8) is 0 Å². The third kappa shape index (κ3) is 2.13. The number of nitrogens with zero attached hydrogens (tertiary/aromatic N) is 1. The van der Waals surface area contributed by atoms with E-state index < -0.39 is 0 Å². The number of carbonyl (C=O) groups is 1. The minimum Gasteiger partial charge on any atom is -0.444 e. The van der Waals surface area contributed by atoms with Crippen LogP contribution in [0.5, 0.6) is 0 Å². The summed E-state index contributed by atoms with van der Waals surface area (Å²) < 4.78 is 5.93. The van der Waals surface area contributed by atoms with Crippen LogP contribution in [0.4, 0.5) is 0 Å². The SMILES string of the molecule is O=C(c1ccc(Br)o1)N1CCC2CNCC2C1. The monoisotopic (exact) mass is 298 g/mol. The van der Waals surface area contributed by atoms with Crippen molar-refractivity contribution in [3.05, 3.63) is 22.6 Å². The molecule has 17 heavy (non-hydrogen) atoms. The van der Waals surface area contributed by atoms with E-state index in [0.717, 1.165) is 38.5 Å². The normalized spacial score (nSPS) is 28.2. The van der Waals surface area contributed by atoms with Gasteiger partial charge >= 0.3 is 0 Å². The Morgan fingerprint density at radius 2 is 2.24 bits per heavy atom. The van der Waals surface area contributed by atoms with Gasteiger partial charge in [0.2, 0.25) is 0 Å². The molecule has 0 saturated carbocycles. The molecule has 1 aromatic rings. The van der Waals surface area contributed by atoms with Crippen LogP contribution in [0, 0.1) is 11.8 Å². The quantitative estimate of drug-likeness (QED) is 0.859. The number of fused-ring (bicyclic) bond motifs is 1. The van der Waals surface area contributed by atoms with Crippen molar-refractivity contribution in [1.29, 1.82) is 0 Å². The van der Waals surface area contributed by atoms with E-state index >= 15 is 0 Å². The molecule has 3 rings (SSSR count). The molecule has 2 unspecified atom stereocenters. The maximum atomic E-state index is 12.2. The van der Waals surface area contributed by atoms with Gasteiger partial charge in [-0.15, -0.1) is 0 Å². The highest BCUT2D eigenvalue weighted by atomic mass is 79.9. The second kappa shape index (κ2) is 4.46. The minimum atomic E-state index is 0.0149. The second-order valence-electron chi connectivity index (χ2n) is 4.82. The summed E-state index contributed by atoms with van der Waals surface area (Å²) in [4.78, 5) is 14.1. The van der Waals surface area contributed by atoms with E-state index in [1.54, 1.807) is 12.1 Å². The van der Waals surface area contributed by atoms with Crippen LogP contribution >= 0.6 is 15.9 Å². The molecule has 4 nitrogen and oxygen atoms in total. The molecule has 0 bridgehead atoms. The van der Waals surface area contributed by atoms with E-state index in [4.69, 9.17) is 4.42 Å². The van der Waals surface area contributed by atoms with Crippen LogP contribution in [0.15, 0.2) is 21.2 Å². The van der Waals surface area contributed by atoms with Gasteiger partial charge in [0, 0.05) is 13.1 Å². The van der Waals surface area contributed by atoms with Crippen LogP contribution in [-0.4, -0.2) is 37.0 Å². The van der Waals surface area contributed by atoms with E-state index in [1.807, 2.05) is 4.90 Å². The van der Waals surface area contributed by atoms with E-state index in [0.29, 0.717) is 16.3 Å². The van der Waals surface area contributed by atoms with E-state index in [-0.39, 0.29) is 5.91 Å². The maximum absolute atomic E-state index is 12.2. The number of likely N-dealkylation sites (tertiary alicyclic amines) is 1. The average Bonchev–Trinajstić information content (AvgIpc) is 2.95. The highest BCUT2D eigenvalue weighted by molar-refractivity contribution is 9.10. The molecule has 2 aliphatic heterocycles. The Labute approximate surface area is 108 Å². The van der Waals surface area contributed by atoms with Crippen molar-refractivity contribution in [1.82, 2.24) is 10.2 Å². The summed E-state index contributed by atoms with van der Waals surface area (Å²) in [5, 5.41) is 3.40. The fourth-order valence-electron chi connectivity index (χ4n) is 2.80. The Hall–Kier alpha value is -0.810. The van der Waals surface area contributed by atoms with Crippen molar-refractivity contribution in [2.45, 2.75) is 6.42 Å². The molecular formula is C12H15BrN2O2. The lowest BCUT2D eigenvalue weighted by atomic mass is 9.88. The van der Waals surface area contributed by atoms with Crippen LogP contribution in [-0.2, 0) is 0 Å². The van der Waals surface area contributed by atoms with Crippen LogP contribution in [0.2, 0.25) is 0 Å². The third-order valence-electron chi connectivity index (χ3n) is 3.78. The van der Waals surface area contributed by atoms with Crippen LogP contribution in [0.25, 0.3) is 0 Å². The lowest BCUT2D eigenvalue weighted by Gasteiger charge is -2.33. The molecule has 3 heterocycles. The average molecular weight is 299 g/mol. The topological polar surface area (TPSA) is 45.5 Å². The summed E-state index contributed by atoms with van der Waals surface area (Å²) in [5.74, 6) is 1.82. The second-order valence-corrected chi connectivity index (χ2v) is 5.60. The number of piperidine rings is 1. The largest absolute Gasteiger partial charge is 0.444 e. The number of amides is 1. The number of rotatable bonds is 1. The molecule has 5 heteroatoms. The van der Waals surface area contributed by atoms with Crippen molar-refractivity contribution in [3.8, 4) is 0 Å². The number of carbonyl (C=O) groups excluding carboxylic acids is 1. The molecule has 0 aliphatic carbocycles. The number of hydrogen-bond acceptors (Lipinski definition) is 3. The number of hydrogen-bond donors (Lipinski definition) is 1. The highest BCUT2D eigenvalue weighted by Gasteiger charge is 2.35. The fourth-order valence-corrected chi connectivity index (χ4v) is 3.11. The molecule has 92 valence electrons. The number of halogens is 1. The zero-order valence-corrected chi connectivity index (χ0v) is 11.1. The lowest BCUT2D eigenvalue weighted by Crippen LogP contribution is -2.43. The first-order valence-corrected chi connectivity index (χ1v) is 6.78. The molecule has 2 fully saturated rings. The fraction of sp³-hybridized carbons (Fsp3) is 0.583. The van der Waals surface area contributed by atoms with Gasteiger partial charge in [-0.3, -0.25) is 4.79 Å². The summed E-state index contributed by atoms with van der Waals surface area (Å²) in [6, 6.07) is 3.49. The highest BCUT2D eigenvalue weighted by Crippen LogP contribution is 2.27. The smallest absolute Gasteiger partial charge is 0.289 e. The molecule has 0 radical (unpaired) electrons.